The number of nitrogens with two attached hydrogens (primary N) is 1. The van der Waals surface area contributed by atoms with Gasteiger partial charge in [-0.3, -0.25) is 53.0 Å². The van der Waals surface area contributed by atoms with E-state index in [0.29, 0.717) is 69.1 Å². The summed E-state index contributed by atoms with van der Waals surface area (Å²) in [6.07, 6.45) is -18.8. The molecule has 15 rings (SSSR count). The standard InChI is InChI=1S/C86H104Cl4N14O26/c1-39(2)26-53(92-5)77(115)99-68-70(110)43-8-12-57(51(89)29-43)126-59-31-45-32-60(74(59)130-84-75(73(113)72(112)61(38-105)128-84)129-63-36-86(4,76(114)40(3)125-63)94-14-15-102-16-18-104(19-17-102)85(122)93-37-41-6-10-49(87)50(88)27-41)127-58-13-9-44(30-52(58)90)71(111)69-82(120)98-67(83(121)101-124-25-22-103-20-23-123-24-21-103)48-33-46(106)34-56(108)64(48)47-28-42(7-11-55(47)107)65(79(117)100-69)97-80(118)66(45)96-78(116)54(35-62(91)109)95-81(68)119/h6-13,27-34,39-40,53-54,61,63,65-73,75-76,84,92,94,105-108,110-114H,14-26,35-38H2,1-5H3,(H2,91,109)(H,93,122)(H,95,119)(H,96,116)(H,97,118)(H,98,120)(H,99,115)(H,100,117)(H,101,121)/t40-,53+,54-,61+,63-,65+,66+,67+,68+,69-,70+,71+,72+,73-,75+,76+,84-,86-/m0/s1. The van der Waals surface area contributed by atoms with E-state index in [-0.39, 0.29) is 78.5 Å². The number of benzene rings is 6. The van der Waals surface area contributed by atoms with Crippen LogP contribution in [-0.2, 0) is 68.7 Å². The summed E-state index contributed by atoms with van der Waals surface area (Å²) in [6, 6.07) is 4.75. The van der Waals surface area contributed by atoms with Gasteiger partial charge >= 0.3 is 6.03 Å². The number of aliphatic hydroxyl groups excluding tert-OH is 6. The maximum atomic E-state index is 16.4. The van der Waals surface area contributed by atoms with E-state index in [0.717, 1.165) is 66.2 Å². The number of hydrogen-bond donors (Lipinski definition) is 20. The highest BCUT2D eigenvalue weighted by Gasteiger charge is 2.53. The second-order valence-electron chi connectivity index (χ2n) is 33.2. The zero-order chi connectivity index (χ0) is 93.4. The molecular weight excluding hydrogens is 1790 g/mol. The third kappa shape index (κ3) is 22.7. The van der Waals surface area contributed by atoms with Gasteiger partial charge in [0, 0.05) is 94.6 Å². The largest absolute Gasteiger partial charge is 0.508 e. The van der Waals surface area contributed by atoms with Crippen molar-refractivity contribution in [3.05, 3.63) is 151 Å². The zero-order valence-electron chi connectivity index (χ0n) is 71.0. The molecule has 0 unspecified atom stereocenters. The molecule has 11 bridgehead atoms. The van der Waals surface area contributed by atoms with E-state index >= 15 is 24.0 Å². The number of aliphatic hydroxyl groups is 6. The van der Waals surface area contributed by atoms with Crippen molar-refractivity contribution < 1.29 is 127 Å². The molecule has 9 aliphatic rings. The Balaban J connectivity index is 0.920. The molecule has 21 N–H and O–H groups in total. The first-order chi connectivity index (χ1) is 62.0. The summed E-state index contributed by atoms with van der Waals surface area (Å²) in [7, 11) is 1.48. The lowest BCUT2D eigenvalue weighted by Gasteiger charge is -2.48. The van der Waals surface area contributed by atoms with E-state index in [1.807, 2.05) is 18.7 Å². The summed E-state index contributed by atoms with van der Waals surface area (Å²) in [6.45, 7) is 10.7. The van der Waals surface area contributed by atoms with Gasteiger partial charge in [0.1, 0.15) is 95.5 Å². The molecule has 0 spiro atoms. The summed E-state index contributed by atoms with van der Waals surface area (Å²) in [5.74, 6) is -15.2. The lowest BCUT2D eigenvalue weighted by atomic mass is 9.85. The highest BCUT2D eigenvalue weighted by atomic mass is 35.5. The van der Waals surface area contributed by atoms with Gasteiger partial charge in [-0.05, 0) is 133 Å². The maximum Gasteiger partial charge on any atom is 0.317 e. The van der Waals surface area contributed by atoms with E-state index in [4.69, 9.17) is 90.1 Å². The van der Waals surface area contributed by atoms with E-state index in [2.05, 4.69) is 58.2 Å². The number of nitrogens with one attached hydrogen (secondary N) is 10. The van der Waals surface area contributed by atoms with Crippen LogP contribution in [0.25, 0.3) is 11.1 Å². The Kier molecular flexibility index (Phi) is 31.8. The second kappa shape index (κ2) is 42.5. The van der Waals surface area contributed by atoms with Crippen molar-refractivity contribution >= 4 is 99.7 Å². The maximum absolute atomic E-state index is 16.4. The highest BCUT2D eigenvalue weighted by Crippen LogP contribution is 2.50. The predicted octanol–water partition coefficient (Wildman–Crippen LogP) is 1.87. The first-order valence-electron chi connectivity index (χ1n) is 42.1. The van der Waals surface area contributed by atoms with Crippen molar-refractivity contribution in [2.24, 2.45) is 11.7 Å². The number of rotatable bonds is 23. The molecule has 10 amide bonds. The topological polar surface area (TPSA) is 566 Å². The number of morpholine rings is 1. The Bertz CT molecular complexity index is 5190. The van der Waals surface area contributed by atoms with Gasteiger partial charge in [0.25, 0.3) is 5.91 Å². The minimum atomic E-state index is -2.38. The van der Waals surface area contributed by atoms with Gasteiger partial charge in [-0.25, -0.2) is 10.3 Å². The molecule has 40 nitrogen and oxygen atoms in total. The summed E-state index contributed by atoms with van der Waals surface area (Å²) in [5, 5.41) is 132. The number of primary amides is 1. The molecule has 0 aromatic heterocycles. The Labute approximate surface area is 765 Å². The Hall–Kier alpha value is -10.3. The number of piperazine rings is 1. The number of likely N-dealkylation sites (N-methyl/N-ethyl adjacent to an activating group) is 1. The van der Waals surface area contributed by atoms with Crippen molar-refractivity contribution in [2.75, 3.05) is 92.4 Å². The minimum Gasteiger partial charge on any atom is -0.508 e. The van der Waals surface area contributed by atoms with E-state index in [9.17, 15) is 65.1 Å². The smallest absolute Gasteiger partial charge is 0.317 e. The highest BCUT2D eigenvalue weighted by molar-refractivity contribution is 6.42. The summed E-state index contributed by atoms with van der Waals surface area (Å²) >= 11 is 26.8. The van der Waals surface area contributed by atoms with Crippen molar-refractivity contribution in [3.8, 4) is 57.1 Å². The Morgan fingerprint density at radius 2 is 1.31 bits per heavy atom. The molecule has 0 saturated carbocycles. The fraction of sp³-hybridized carbons (Fsp3) is 0.477. The number of amides is 10. The van der Waals surface area contributed by atoms with Crippen LogP contribution in [-0.4, -0.2) is 285 Å². The molecule has 9 aliphatic heterocycles. The van der Waals surface area contributed by atoms with Crippen LogP contribution in [0.4, 0.5) is 4.79 Å². The molecule has 6 aromatic carbocycles. The van der Waals surface area contributed by atoms with Crippen LogP contribution in [0.15, 0.2) is 97.1 Å². The molecule has 18 atom stereocenters. The first kappa shape index (κ1) is 97.2. The van der Waals surface area contributed by atoms with Crippen molar-refractivity contribution in [3.63, 3.8) is 0 Å². The van der Waals surface area contributed by atoms with Crippen molar-refractivity contribution in [1.82, 2.24) is 68.0 Å². The average molecular weight is 1890 g/mol. The predicted molar refractivity (Wildman–Crippen MR) is 464 cm³/mol. The minimum absolute atomic E-state index is 0.115. The molecule has 44 heteroatoms. The second-order valence-corrected chi connectivity index (χ2v) is 34.8. The third-order valence-electron chi connectivity index (χ3n) is 23.6. The first-order valence-corrected chi connectivity index (χ1v) is 43.6. The number of carbonyl (C=O) groups is 9. The van der Waals surface area contributed by atoms with Crippen LogP contribution in [0.3, 0.4) is 0 Å². The monoisotopic (exact) mass is 1890 g/mol. The molecule has 9 heterocycles. The van der Waals surface area contributed by atoms with Crippen molar-refractivity contribution in [2.45, 2.75) is 163 Å². The molecule has 0 radical (unpaired) electrons. The number of fused-ring (bicyclic) bond motifs is 15. The van der Waals surface area contributed by atoms with Crippen LogP contribution in [0, 0.1) is 5.92 Å². The van der Waals surface area contributed by atoms with Crippen LogP contribution >= 0.6 is 46.4 Å². The number of urea groups is 1. The summed E-state index contributed by atoms with van der Waals surface area (Å²) in [4.78, 5) is 146. The SMILES string of the molecule is CN[C@H](CC(C)C)C(=O)N[C@H]1C(=O)N[C@@H](CC(N)=O)C(=O)N[C@H]2C(=O)N[C@H]3C(=O)N[C@H](C(=O)N[C@@H](C(=O)NOCCN4CCOCC4)c4cc(O)cc(O)c4-c4cc3ccc4O)[C@H](O)c3ccc(c(Cl)c3)Oc3cc2cc(c3O[C@@H]2O[C@H](CO)[C@@H](O)[C@H](O)[C@H]2O[C@H]2C[C@](C)(NCCN3CCN(C(=O)NCc4ccc(Cl)c(Cl)c4)CC3)[C@H](O)[C@H](C)O2)Oc2ccc(cc2Cl)[C@H]1O. The third-order valence-corrected chi connectivity index (χ3v) is 24.9. The normalized spacial score (nSPS) is 27.2. The number of phenolic OH excluding ortho intramolecular Hbond substituents is 3. The molecule has 4 saturated heterocycles. The number of nitrogens with zero attached hydrogens (tertiary/aromatic N) is 3. The van der Waals surface area contributed by atoms with Gasteiger partial charge in [0.05, 0.1) is 71.2 Å². The van der Waals surface area contributed by atoms with E-state index < -0.39 is 237 Å². The van der Waals surface area contributed by atoms with Crippen LogP contribution < -0.4 is 73.3 Å². The van der Waals surface area contributed by atoms with E-state index in [1.165, 1.54) is 25.2 Å². The molecule has 4 fully saturated rings. The van der Waals surface area contributed by atoms with Gasteiger partial charge in [-0.1, -0.05) is 84.5 Å². The lowest BCUT2D eigenvalue weighted by Crippen LogP contribution is -2.66. The number of phenols is 3. The molecular formula is C86H104Cl4N14O26. The quantitative estimate of drug-likeness (QED) is 0.0321. The Morgan fingerprint density at radius 1 is 0.662 bits per heavy atom. The fourth-order valence-corrected chi connectivity index (χ4v) is 17.2. The summed E-state index contributed by atoms with van der Waals surface area (Å²) < 4.78 is 45.2. The van der Waals surface area contributed by atoms with Gasteiger partial charge in [-0.15, -0.1) is 0 Å². The van der Waals surface area contributed by atoms with Crippen LogP contribution in [0.1, 0.15) is 111 Å². The van der Waals surface area contributed by atoms with Gasteiger partial charge in [-0.2, -0.15) is 0 Å². The molecule has 6 aromatic rings. The molecule has 702 valence electrons. The fourth-order valence-electron chi connectivity index (χ4n) is 16.4. The molecule has 130 heavy (non-hydrogen) atoms. The van der Waals surface area contributed by atoms with E-state index in [1.54, 1.807) is 36.9 Å². The van der Waals surface area contributed by atoms with Gasteiger partial charge < -0.3 is 138 Å². The Morgan fingerprint density at radius 3 is 1.95 bits per heavy atom. The van der Waals surface area contributed by atoms with Gasteiger partial charge in [0.2, 0.25) is 53.4 Å². The van der Waals surface area contributed by atoms with Crippen molar-refractivity contribution in [1.29, 1.82) is 0 Å². The van der Waals surface area contributed by atoms with Gasteiger partial charge in [0.15, 0.2) is 23.9 Å². The average Bonchev–Trinajstić information content (AvgIpc) is 0.766. The number of carbonyl (C=O) groups excluding carboxylic acids is 9. The number of ether oxygens (including phenoxy) is 7. The number of hydrogen-bond acceptors (Lipinski definition) is 30. The number of aromatic hydroxyl groups is 3. The zero-order valence-corrected chi connectivity index (χ0v) is 74.1. The lowest BCUT2D eigenvalue weighted by molar-refractivity contribution is -0.334. The van der Waals surface area contributed by atoms with Crippen LogP contribution in [0.5, 0.6) is 46.0 Å². The molecule has 0 aliphatic carbocycles. The number of hydroxylamine groups is 1. The van der Waals surface area contributed by atoms with Crippen LogP contribution in [0.2, 0.25) is 20.1 Å². The number of halogens is 4. The summed E-state index contributed by atoms with van der Waals surface area (Å²) in [5.41, 5.74) is 5.08.